The highest BCUT2D eigenvalue weighted by atomic mass is 35.5. The number of hydrogen-bond donors (Lipinski definition) is 1. The molecular formula is C20H22ClNO5. The molecule has 0 aromatic heterocycles. The summed E-state index contributed by atoms with van der Waals surface area (Å²) in [6.45, 7) is 3.61. The summed E-state index contributed by atoms with van der Waals surface area (Å²) in [6.07, 6.45) is -0.101. The largest absolute Gasteiger partial charge is 0.493 e. The molecule has 2 aromatic carbocycles. The van der Waals surface area contributed by atoms with Crippen molar-refractivity contribution in [1.82, 2.24) is 5.32 Å². The quantitative estimate of drug-likeness (QED) is 0.696. The van der Waals surface area contributed by atoms with Crippen LogP contribution in [0.1, 0.15) is 29.8 Å². The van der Waals surface area contributed by atoms with Crippen LogP contribution in [-0.4, -0.2) is 31.6 Å². The number of esters is 1. The molecule has 2 aromatic rings. The SMILES string of the molecule is COc1cc(C(=O)NCC(=O)OCc2ccccc2)cc(Cl)c1OC(C)C. The summed E-state index contributed by atoms with van der Waals surface area (Å²) >= 11 is 6.21. The second-order valence-corrected chi connectivity index (χ2v) is 6.39. The smallest absolute Gasteiger partial charge is 0.325 e. The van der Waals surface area contributed by atoms with Crippen LogP contribution in [0.2, 0.25) is 5.02 Å². The van der Waals surface area contributed by atoms with Crippen LogP contribution in [-0.2, 0) is 16.1 Å². The molecule has 0 saturated carbocycles. The van der Waals surface area contributed by atoms with Crippen molar-refractivity contribution in [2.75, 3.05) is 13.7 Å². The van der Waals surface area contributed by atoms with E-state index in [4.69, 9.17) is 25.8 Å². The number of carbonyl (C=O) groups excluding carboxylic acids is 2. The number of ether oxygens (including phenoxy) is 3. The van der Waals surface area contributed by atoms with E-state index in [1.807, 2.05) is 44.2 Å². The average Bonchev–Trinajstić information content (AvgIpc) is 2.66. The molecule has 0 heterocycles. The normalized spacial score (nSPS) is 10.4. The Hall–Kier alpha value is -2.73. The van der Waals surface area contributed by atoms with Crippen molar-refractivity contribution in [3.8, 4) is 11.5 Å². The van der Waals surface area contributed by atoms with Crippen molar-refractivity contribution in [1.29, 1.82) is 0 Å². The second kappa shape index (κ2) is 9.83. The predicted octanol–water partition coefficient (Wildman–Crippen LogP) is 3.61. The van der Waals surface area contributed by atoms with Gasteiger partial charge in [0.25, 0.3) is 5.91 Å². The minimum atomic E-state index is -0.537. The Kier molecular flexibility index (Phi) is 7.49. The fourth-order valence-corrected chi connectivity index (χ4v) is 2.50. The van der Waals surface area contributed by atoms with Crippen LogP contribution in [0, 0.1) is 0 Å². The van der Waals surface area contributed by atoms with E-state index in [1.54, 1.807) is 0 Å². The summed E-state index contributed by atoms with van der Waals surface area (Å²) in [7, 11) is 1.46. The summed E-state index contributed by atoms with van der Waals surface area (Å²) in [5, 5.41) is 2.76. The Morgan fingerprint density at radius 1 is 1.15 bits per heavy atom. The molecule has 0 saturated heterocycles. The first-order valence-corrected chi connectivity index (χ1v) is 8.80. The van der Waals surface area contributed by atoms with E-state index < -0.39 is 11.9 Å². The van der Waals surface area contributed by atoms with Gasteiger partial charge in [-0.05, 0) is 31.5 Å². The van der Waals surface area contributed by atoms with Crippen LogP contribution in [0.5, 0.6) is 11.5 Å². The van der Waals surface area contributed by atoms with Gasteiger partial charge in [-0.15, -0.1) is 0 Å². The van der Waals surface area contributed by atoms with E-state index in [0.717, 1.165) is 5.56 Å². The highest BCUT2D eigenvalue weighted by molar-refractivity contribution is 6.32. The number of rotatable bonds is 8. The van der Waals surface area contributed by atoms with Gasteiger partial charge in [0.2, 0.25) is 0 Å². The third-order valence-corrected chi connectivity index (χ3v) is 3.76. The first-order valence-electron chi connectivity index (χ1n) is 8.42. The van der Waals surface area contributed by atoms with E-state index in [9.17, 15) is 9.59 Å². The molecule has 27 heavy (non-hydrogen) atoms. The number of halogens is 1. The highest BCUT2D eigenvalue weighted by Gasteiger charge is 2.17. The fraction of sp³-hybridized carbons (Fsp3) is 0.300. The average molecular weight is 392 g/mol. The van der Waals surface area contributed by atoms with Crippen molar-refractivity contribution in [3.05, 3.63) is 58.6 Å². The third-order valence-electron chi connectivity index (χ3n) is 3.48. The monoisotopic (exact) mass is 391 g/mol. The first kappa shape index (κ1) is 20.6. The maximum absolute atomic E-state index is 12.3. The van der Waals surface area contributed by atoms with Crippen molar-refractivity contribution >= 4 is 23.5 Å². The standard InChI is InChI=1S/C20H22ClNO5/c1-13(2)27-19-16(21)9-15(10-17(19)25-3)20(24)22-11-18(23)26-12-14-7-5-4-6-8-14/h4-10,13H,11-12H2,1-3H3,(H,22,24). The molecular weight excluding hydrogens is 370 g/mol. The van der Waals surface area contributed by atoms with Crippen LogP contribution in [0.3, 0.4) is 0 Å². The zero-order valence-electron chi connectivity index (χ0n) is 15.5. The Balaban J connectivity index is 1.95. The molecule has 0 atom stereocenters. The molecule has 0 spiro atoms. The van der Waals surface area contributed by atoms with Crippen molar-refractivity contribution in [2.45, 2.75) is 26.6 Å². The molecule has 0 bridgehead atoms. The minimum absolute atomic E-state index is 0.101. The van der Waals surface area contributed by atoms with E-state index in [1.165, 1.54) is 19.2 Å². The number of amides is 1. The van der Waals surface area contributed by atoms with Crippen LogP contribution < -0.4 is 14.8 Å². The summed E-state index contributed by atoms with van der Waals surface area (Å²) in [4.78, 5) is 24.1. The number of carbonyl (C=O) groups is 2. The molecule has 2 rings (SSSR count). The molecule has 0 aliphatic heterocycles. The molecule has 0 unspecified atom stereocenters. The van der Waals surface area contributed by atoms with Crippen molar-refractivity contribution < 1.29 is 23.8 Å². The van der Waals surface area contributed by atoms with E-state index in [-0.39, 0.29) is 29.8 Å². The first-order chi connectivity index (χ1) is 12.9. The predicted molar refractivity (Wildman–Crippen MR) is 102 cm³/mol. The topological polar surface area (TPSA) is 73.9 Å². The van der Waals surface area contributed by atoms with E-state index in [0.29, 0.717) is 11.5 Å². The molecule has 144 valence electrons. The maximum atomic E-state index is 12.3. The van der Waals surface area contributed by atoms with Crippen LogP contribution in [0.25, 0.3) is 0 Å². The maximum Gasteiger partial charge on any atom is 0.325 e. The van der Waals surface area contributed by atoms with Gasteiger partial charge in [0.1, 0.15) is 13.2 Å². The molecule has 0 radical (unpaired) electrons. The van der Waals surface area contributed by atoms with Gasteiger partial charge in [-0.2, -0.15) is 0 Å². The molecule has 0 aliphatic carbocycles. The van der Waals surface area contributed by atoms with E-state index >= 15 is 0 Å². The van der Waals surface area contributed by atoms with Crippen LogP contribution in [0.4, 0.5) is 0 Å². The molecule has 1 N–H and O–H groups in total. The lowest BCUT2D eigenvalue weighted by molar-refractivity contribution is -0.143. The number of methoxy groups -OCH3 is 1. The van der Waals surface area contributed by atoms with Gasteiger partial charge in [-0.1, -0.05) is 41.9 Å². The number of benzene rings is 2. The number of hydrogen-bond acceptors (Lipinski definition) is 5. The zero-order chi connectivity index (χ0) is 19.8. The third kappa shape index (κ3) is 6.18. The molecule has 0 aliphatic rings. The second-order valence-electron chi connectivity index (χ2n) is 5.99. The minimum Gasteiger partial charge on any atom is -0.493 e. The van der Waals surface area contributed by atoms with Gasteiger partial charge in [0.15, 0.2) is 11.5 Å². The Morgan fingerprint density at radius 3 is 2.48 bits per heavy atom. The van der Waals surface area contributed by atoms with Gasteiger partial charge < -0.3 is 19.5 Å². The summed E-state index contributed by atoms with van der Waals surface area (Å²) < 4.78 is 16.0. The summed E-state index contributed by atoms with van der Waals surface area (Å²) in [6, 6.07) is 12.3. The van der Waals surface area contributed by atoms with Gasteiger partial charge in [0.05, 0.1) is 18.2 Å². The lowest BCUT2D eigenvalue weighted by Gasteiger charge is -2.16. The van der Waals surface area contributed by atoms with Crippen LogP contribution in [0.15, 0.2) is 42.5 Å². The molecule has 0 fully saturated rings. The van der Waals surface area contributed by atoms with Crippen LogP contribution >= 0.6 is 11.6 Å². The fourth-order valence-electron chi connectivity index (χ4n) is 2.24. The Labute approximate surface area is 163 Å². The van der Waals surface area contributed by atoms with Gasteiger partial charge in [-0.25, -0.2) is 0 Å². The Morgan fingerprint density at radius 2 is 1.85 bits per heavy atom. The molecule has 6 nitrogen and oxygen atoms in total. The molecule has 7 heteroatoms. The van der Waals surface area contributed by atoms with Crippen molar-refractivity contribution in [2.24, 2.45) is 0 Å². The summed E-state index contributed by atoms with van der Waals surface area (Å²) in [5.74, 6) is -0.297. The zero-order valence-corrected chi connectivity index (χ0v) is 16.2. The highest BCUT2D eigenvalue weighted by Crippen LogP contribution is 2.37. The lowest BCUT2D eigenvalue weighted by atomic mass is 10.2. The number of nitrogens with one attached hydrogen (secondary N) is 1. The summed E-state index contributed by atoms with van der Waals surface area (Å²) in [5.41, 5.74) is 1.12. The van der Waals surface area contributed by atoms with Gasteiger partial charge in [-0.3, -0.25) is 9.59 Å². The van der Waals surface area contributed by atoms with Gasteiger partial charge >= 0.3 is 5.97 Å². The van der Waals surface area contributed by atoms with Crippen molar-refractivity contribution in [3.63, 3.8) is 0 Å². The van der Waals surface area contributed by atoms with Gasteiger partial charge in [0, 0.05) is 5.56 Å². The van der Waals surface area contributed by atoms with E-state index in [2.05, 4.69) is 5.32 Å². The molecule has 1 amide bonds. The lowest BCUT2D eigenvalue weighted by Crippen LogP contribution is -2.30. The Bertz CT molecular complexity index is 792.